The highest BCUT2D eigenvalue weighted by Crippen LogP contribution is 1.78. The lowest BCUT2D eigenvalue weighted by Crippen LogP contribution is -1.87. The molecule has 4 heteroatoms. The molecule has 0 spiro atoms. The zero-order chi connectivity index (χ0) is 7.33. The summed E-state index contributed by atoms with van der Waals surface area (Å²) in [6.07, 6.45) is 2.28. The number of allylic oxidation sites excluding steroid dienone is 1. The lowest BCUT2D eigenvalue weighted by Gasteiger charge is -1.73. The third-order valence-corrected chi connectivity index (χ3v) is 1.01. The van der Waals surface area contributed by atoms with E-state index in [1.54, 1.807) is 0 Å². The fourth-order valence-electron chi connectivity index (χ4n) is 0.173. The Balaban J connectivity index is 4.23. The summed E-state index contributed by atoms with van der Waals surface area (Å²) in [6.45, 7) is 0. The van der Waals surface area contributed by atoms with E-state index < -0.39 is 9.84 Å². The van der Waals surface area contributed by atoms with Crippen molar-refractivity contribution in [2.75, 3.05) is 6.26 Å². The Morgan fingerprint density at radius 2 is 2.11 bits per heavy atom. The molecule has 0 fully saturated rings. The molecule has 0 aliphatic rings. The highest BCUT2D eigenvalue weighted by molar-refractivity contribution is 7.95. The van der Waals surface area contributed by atoms with E-state index in [-0.39, 0.29) is 0 Å². The van der Waals surface area contributed by atoms with Crippen molar-refractivity contribution in [2.24, 2.45) is 0 Å². The Hall–Kier alpha value is -0.460. The van der Waals surface area contributed by atoms with Crippen molar-refractivity contribution in [1.82, 2.24) is 0 Å². The molecule has 2 nitrogen and oxygen atoms in total. The number of hydrogen-bond acceptors (Lipinski definition) is 2. The molecule has 0 radical (unpaired) electrons. The van der Waals surface area contributed by atoms with Crippen LogP contribution in [0.2, 0.25) is 0 Å². The van der Waals surface area contributed by atoms with E-state index in [9.17, 15) is 8.42 Å². The van der Waals surface area contributed by atoms with Crippen LogP contribution in [0.5, 0.6) is 0 Å². The summed E-state index contributed by atoms with van der Waals surface area (Å²) in [4.78, 5) is 0. The fraction of sp³-hybridized carbons (Fsp3) is 0.200. The third-order valence-electron chi connectivity index (χ3n) is 0.391. The predicted molar refractivity (Wildman–Crippen MR) is 37.6 cm³/mol. The molecule has 0 N–H and O–H groups in total. The maximum absolute atomic E-state index is 10.3. The average Bonchev–Trinajstić information content (AvgIpc) is 1.63. The van der Waals surface area contributed by atoms with Gasteiger partial charge in [-0.3, -0.25) is 0 Å². The van der Waals surface area contributed by atoms with Gasteiger partial charge < -0.3 is 0 Å². The highest BCUT2D eigenvalue weighted by atomic mass is 35.5. The van der Waals surface area contributed by atoms with Gasteiger partial charge in [-0.2, -0.15) is 0 Å². The number of halogens is 1. The summed E-state index contributed by atoms with van der Waals surface area (Å²) >= 11 is 5.05. The van der Waals surface area contributed by atoms with Gasteiger partial charge >= 0.3 is 0 Å². The van der Waals surface area contributed by atoms with Crippen LogP contribution >= 0.6 is 11.6 Å². The zero-order valence-corrected chi connectivity index (χ0v) is 6.33. The van der Waals surface area contributed by atoms with Gasteiger partial charge in [-0.05, 0) is 0 Å². The number of sulfone groups is 1. The van der Waals surface area contributed by atoms with Gasteiger partial charge in [-0.15, -0.1) is 0 Å². The molecule has 0 saturated heterocycles. The minimum atomic E-state index is -3.17. The SMILES string of the molecule is CS(=O)(=O)C#CC=CCl. The minimum absolute atomic E-state index is 1.03. The first kappa shape index (κ1) is 8.54. The van der Waals surface area contributed by atoms with E-state index in [0.717, 1.165) is 11.8 Å². The molecular formula is C5H5ClO2S. The van der Waals surface area contributed by atoms with Crippen LogP contribution in [-0.4, -0.2) is 14.7 Å². The first-order chi connectivity index (χ1) is 4.06. The lowest BCUT2D eigenvalue weighted by molar-refractivity contribution is 0.611. The molecular weight excluding hydrogens is 160 g/mol. The predicted octanol–water partition coefficient (Wildman–Crippen LogP) is 0.744. The molecule has 9 heavy (non-hydrogen) atoms. The van der Waals surface area contributed by atoms with Crippen molar-refractivity contribution in [2.45, 2.75) is 0 Å². The van der Waals surface area contributed by atoms with Gasteiger partial charge in [-0.1, -0.05) is 17.5 Å². The van der Waals surface area contributed by atoms with Crippen LogP contribution in [-0.2, 0) is 9.84 Å². The second-order valence-electron chi connectivity index (χ2n) is 1.31. The van der Waals surface area contributed by atoms with Crippen molar-refractivity contribution in [3.63, 3.8) is 0 Å². The standard InChI is InChI=1S/C5H5ClO2S/c1-9(7,8)5-3-2-4-6/h2,4H,1H3. The van der Waals surface area contributed by atoms with Crippen molar-refractivity contribution in [1.29, 1.82) is 0 Å². The van der Waals surface area contributed by atoms with Gasteiger partial charge in [-0.25, -0.2) is 8.42 Å². The normalized spacial score (nSPS) is 10.9. The number of rotatable bonds is 0. The molecule has 0 atom stereocenters. The highest BCUT2D eigenvalue weighted by Gasteiger charge is 1.88. The quantitative estimate of drug-likeness (QED) is 0.391. The molecule has 0 heterocycles. The molecule has 0 aliphatic heterocycles. The van der Waals surface area contributed by atoms with Crippen molar-refractivity contribution in [3.05, 3.63) is 11.6 Å². The Morgan fingerprint density at radius 1 is 1.56 bits per heavy atom. The van der Waals surface area contributed by atoms with Crippen molar-refractivity contribution < 1.29 is 8.42 Å². The van der Waals surface area contributed by atoms with E-state index >= 15 is 0 Å². The maximum Gasteiger partial charge on any atom is 0.214 e. The van der Waals surface area contributed by atoms with Gasteiger partial charge in [0.1, 0.15) is 0 Å². The molecule has 0 amide bonds. The maximum atomic E-state index is 10.3. The van der Waals surface area contributed by atoms with E-state index in [2.05, 4.69) is 5.92 Å². The molecule has 50 valence electrons. The summed E-state index contributed by atoms with van der Waals surface area (Å²) in [5.74, 6) is 2.22. The summed E-state index contributed by atoms with van der Waals surface area (Å²) in [5, 5.41) is 1.97. The Labute approximate surface area is 59.4 Å². The second-order valence-corrected chi connectivity index (χ2v) is 3.31. The lowest BCUT2D eigenvalue weighted by atomic mass is 10.7. The minimum Gasteiger partial charge on any atom is -0.216 e. The van der Waals surface area contributed by atoms with Crippen LogP contribution in [0, 0.1) is 11.2 Å². The van der Waals surface area contributed by atoms with E-state index in [1.165, 1.54) is 6.08 Å². The third kappa shape index (κ3) is 7.54. The monoisotopic (exact) mass is 164 g/mol. The summed E-state index contributed by atoms with van der Waals surface area (Å²) in [7, 11) is -3.17. The molecule has 0 saturated carbocycles. The smallest absolute Gasteiger partial charge is 0.214 e. The van der Waals surface area contributed by atoms with Gasteiger partial charge in [0.15, 0.2) is 0 Å². The van der Waals surface area contributed by atoms with Crippen molar-refractivity contribution >= 4 is 21.4 Å². The first-order valence-corrected chi connectivity index (χ1v) is 4.36. The van der Waals surface area contributed by atoms with Crippen LogP contribution in [0.15, 0.2) is 11.6 Å². The van der Waals surface area contributed by atoms with Crippen LogP contribution in [0.3, 0.4) is 0 Å². The Kier molecular flexibility index (Phi) is 3.36. The van der Waals surface area contributed by atoms with Gasteiger partial charge in [0.25, 0.3) is 0 Å². The summed E-state index contributed by atoms with van der Waals surface area (Å²) in [5.41, 5.74) is 1.15. The molecule has 0 rings (SSSR count). The van der Waals surface area contributed by atoms with E-state index in [1.807, 2.05) is 5.25 Å². The van der Waals surface area contributed by atoms with Crippen LogP contribution in [0.1, 0.15) is 0 Å². The topological polar surface area (TPSA) is 34.1 Å². The zero-order valence-electron chi connectivity index (χ0n) is 4.76. The van der Waals surface area contributed by atoms with Crippen LogP contribution < -0.4 is 0 Å². The first-order valence-electron chi connectivity index (χ1n) is 2.04. The van der Waals surface area contributed by atoms with Crippen LogP contribution in [0.4, 0.5) is 0 Å². The van der Waals surface area contributed by atoms with E-state index in [0.29, 0.717) is 0 Å². The Bertz CT molecular complexity index is 252. The van der Waals surface area contributed by atoms with Gasteiger partial charge in [0.2, 0.25) is 9.84 Å². The van der Waals surface area contributed by atoms with Gasteiger partial charge in [0, 0.05) is 16.9 Å². The summed E-state index contributed by atoms with van der Waals surface area (Å²) in [6, 6.07) is 0. The fourth-order valence-corrected chi connectivity index (χ4v) is 0.518. The van der Waals surface area contributed by atoms with Crippen molar-refractivity contribution in [3.8, 4) is 11.2 Å². The largest absolute Gasteiger partial charge is 0.216 e. The molecule has 0 aliphatic carbocycles. The van der Waals surface area contributed by atoms with Gasteiger partial charge in [0.05, 0.1) is 6.26 Å². The molecule has 0 aromatic carbocycles. The molecule has 0 bridgehead atoms. The average molecular weight is 165 g/mol. The second kappa shape index (κ2) is 3.54. The van der Waals surface area contributed by atoms with E-state index in [4.69, 9.17) is 11.6 Å². The van der Waals surface area contributed by atoms with Crippen LogP contribution in [0.25, 0.3) is 0 Å². The summed E-state index contributed by atoms with van der Waals surface area (Å²) < 4.78 is 20.5. The molecule has 0 unspecified atom stereocenters. The molecule has 0 aromatic rings. The number of hydrogen-bond donors (Lipinski definition) is 0. The Morgan fingerprint density at radius 3 is 2.44 bits per heavy atom. The molecule has 0 aromatic heterocycles.